The molecule has 1 amide bonds. The van der Waals surface area contributed by atoms with Crippen molar-refractivity contribution in [3.8, 4) is 0 Å². The number of hydrogen-bond donors (Lipinski definition) is 1. The third-order valence-electron chi connectivity index (χ3n) is 4.76. The molecule has 2 heterocycles. The number of nitrogens with zero attached hydrogens (tertiary/aromatic N) is 2. The maximum absolute atomic E-state index is 13.1. The molecule has 30 heavy (non-hydrogen) atoms. The van der Waals surface area contributed by atoms with Gasteiger partial charge in [0.2, 0.25) is 15.6 Å². The number of carbonyl (C=O) groups is 1. The number of aromatic nitrogens is 1. The maximum atomic E-state index is 13.1. The first-order chi connectivity index (χ1) is 14.2. The van der Waals surface area contributed by atoms with Crippen molar-refractivity contribution in [3.63, 3.8) is 0 Å². The van der Waals surface area contributed by atoms with E-state index in [2.05, 4.69) is 4.98 Å². The monoisotopic (exact) mass is 467 g/mol. The molecule has 3 rings (SSSR count). The van der Waals surface area contributed by atoms with Crippen LogP contribution >= 0.6 is 22.9 Å². The van der Waals surface area contributed by atoms with Crippen molar-refractivity contribution in [1.82, 2.24) is 14.2 Å². The molecule has 0 aliphatic rings. The summed E-state index contributed by atoms with van der Waals surface area (Å²) in [6.07, 6.45) is 0. The molecule has 0 aliphatic heterocycles. The molecule has 0 atom stereocenters. The number of nitrogens with one attached hydrogen (secondary N) is 1. The third-order valence-corrected chi connectivity index (χ3v) is 8.02. The fourth-order valence-corrected chi connectivity index (χ4v) is 5.86. The van der Waals surface area contributed by atoms with Crippen molar-refractivity contribution in [2.45, 2.75) is 25.3 Å². The number of thiophene rings is 1. The summed E-state index contributed by atoms with van der Waals surface area (Å²) in [5.74, 6) is -0.381. The minimum Gasteiger partial charge on any atom is -0.337 e. The Hall–Kier alpha value is -2.20. The lowest BCUT2D eigenvalue weighted by Crippen LogP contribution is -2.30. The minimum absolute atomic E-state index is 0.0764. The van der Waals surface area contributed by atoms with Crippen LogP contribution in [0.2, 0.25) is 4.34 Å². The molecule has 0 saturated carbocycles. The molecule has 10 heteroatoms. The number of rotatable bonds is 7. The van der Waals surface area contributed by atoms with Crippen LogP contribution in [0.25, 0.3) is 10.9 Å². The molecule has 160 valence electrons. The van der Waals surface area contributed by atoms with E-state index < -0.39 is 15.6 Å². The summed E-state index contributed by atoms with van der Waals surface area (Å²) in [6.45, 7) is 4.52. The van der Waals surface area contributed by atoms with Gasteiger partial charge in [-0.2, -0.15) is 4.31 Å². The molecule has 7 nitrogen and oxygen atoms in total. The van der Waals surface area contributed by atoms with E-state index in [1.54, 1.807) is 27.0 Å². The predicted molar refractivity (Wildman–Crippen MR) is 120 cm³/mol. The van der Waals surface area contributed by atoms with Gasteiger partial charge in [0.05, 0.1) is 21.3 Å². The van der Waals surface area contributed by atoms with Crippen molar-refractivity contribution in [3.05, 3.63) is 61.5 Å². The number of fused-ring (bicyclic) bond motifs is 1. The summed E-state index contributed by atoms with van der Waals surface area (Å²) in [5.41, 5.74) is 0.116. The molecule has 0 fully saturated rings. The Morgan fingerprint density at radius 3 is 2.43 bits per heavy atom. The van der Waals surface area contributed by atoms with Crippen LogP contribution in [-0.2, 0) is 16.6 Å². The van der Waals surface area contributed by atoms with Crippen molar-refractivity contribution in [2.75, 3.05) is 20.1 Å². The highest BCUT2D eigenvalue weighted by Gasteiger charge is 2.24. The van der Waals surface area contributed by atoms with Gasteiger partial charge < -0.3 is 9.88 Å². The second-order valence-electron chi connectivity index (χ2n) is 6.71. The lowest BCUT2D eigenvalue weighted by molar-refractivity contribution is 0.0788. The van der Waals surface area contributed by atoms with Crippen LogP contribution in [0.15, 0.2) is 46.1 Å². The van der Waals surface area contributed by atoms with E-state index >= 15 is 0 Å². The number of sulfonamides is 1. The number of halogens is 1. The first kappa shape index (κ1) is 22.5. The second kappa shape index (κ2) is 8.89. The fourth-order valence-electron chi connectivity index (χ4n) is 3.23. The van der Waals surface area contributed by atoms with E-state index in [0.717, 1.165) is 4.88 Å². The van der Waals surface area contributed by atoms with Gasteiger partial charge in [-0.25, -0.2) is 8.42 Å². The van der Waals surface area contributed by atoms with E-state index in [1.807, 2.05) is 6.07 Å². The smallest absolute Gasteiger partial charge is 0.254 e. The number of benzene rings is 1. The molecule has 1 N–H and O–H groups in total. The first-order valence-corrected chi connectivity index (χ1v) is 12.0. The van der Waals surface area contributed by atoms with Crippen molar-refractivity contribution in [1.29, 1.82) is 0 Å². The highest BCUT2D eigenvalue weighted by Crippen LogP contribution is 2.25. The van der Waals surface area contributed by atoms with Crippen molar-refractivity contribution < 1.29 is 13.2 Å². The van der Waals surface area contributed by atoms with Crippen molar-refractivity contribution in [2.24, 2.45) is 0 Å². The Labute approximate surface area is 183 Å². The minimum atomic E-state index is -3.71. The first-order valence-electron chi connectivity index (χ1n) is 9.34. The van der Waals surface area contributed by atoms with Crippen LogP contribution in [0.5, 0.6) is 0 Å². The van der Waals surface area contributed by atoms with Gasteiger partial charge in [0.15, 0.2) is 0 Å². The molecule has 1 aromatic carbocycles. The molecule has 2 aromatic heterocycles. The zero-order valence-corrected chi connectivity index (χ0v) is 19.2. The van der Waals surface area contributed by atoms with Crippen LogP contribution in [-0.4, -0.2) is 48.7 Å². The molecule has 0 saturated heterocycles. The molecule has 0 radical (unpaired) electrons. The summed E-state index contributed by atoms with van der Waals surface area (Å²) in [5, 5.41) is 0.379. The lowest BCUT2D eigenvalue weighted by atomic mass is 10.1. The number of pyridine rings is 1. The largest absolute Gasteiger partial charge is 0.337 e. The Balaban J connectivity index is 2.07. The summed E-state index contributed by atoms with van der Waals surface area (Å²) >= 11 is 7.33. The topological polar surface area (TPSA) is 90.5 Å². The van der Waals surface area contributed by atoms with Gasteiger partial charge in [-0.3, -0.25) is 9.59 Å². The van der Waals surface area contributed by atoms with Crippen LogP contribution in [0.4, 0.5) is 0 Å². The van der Waals surface area contributed by atoms with Crippen LogP contribution in [0, 0.1) is 0 Å². The van der Waals surface area contributed by atoms with Gasteiger partial charge in [0, 0.05) is 42.0 Å². The maximum Gasteiger partial charge on any atom is 0.254 e. The van der Waals surface area contributed by atoms with E-state index in [-0.39, 0.29) is 16.4 Å². The molecule has 0 aliphatic carbocycles. The lowest BCUT2D eigenvalue weighted by Gasteiger charge is -2.20. The fraction of sp³-hybridized carbons (Fsp3) is 0.300. The number of carbonyl (C=O) groups excluding carboxylic acids is 1. The van der Waals surface area contributed by atoms with Gasteiger partial charge in [-0.1, -0.05) is 25.4 Å². The number of aromatic amines is 1. The van der Waals surface area contributed by atoms with Gasteiger partial charge in [0.25, 0.3) is 5.91 Å². The van der Waals surface area contributed by atoms with Gasteiger partial charge in [0.1, 0.15) is 0 Å². The number of hydrogen-bond acceptors (Lipinski definition) is 5. The highest BCUT2D eigenvalue weighted by atomic mass is 35.5. The Morgan fingerprint density at radius 1 is 1.13 bits per heavy atom. The zero-order valence-electron chi connectivity index (χ0n) is 16.8. The van der Waals surface area contributed by atoms with Crippen LogP contribution in [0.1, 0.15) is 29.1 Å². The van der Waals surface area contributed by atoms with Gasteiger partial charge in [-0.05, 0) is 30.3 Å². The number of amides is 1. The Bertz CT molecular complexity index is 1250. The average molecular weight is 468 g/mol. The molecular formula is C20H22ClN3O4S2. The molecule has 0 spiro atoms. The molecular weight excluding hydrogens is 446 g/mol. The summed E-state index contributed by atoms with van der Waals surface area (Å²) in [7, 11) is -2.08. The van der Waals surface area contributed by atoms with E-state index in [0.29, 0.717) is 34.9 Å². The summed E-state index contributed by atoms with van der Waals surface area (Å²) in [6, 6.07) is 9.20. The average Bonchev–Trinajstić information content (AvgIpc) is 3.11. The second-order valence-corrected chi connectivity index (χ2v) is 10.4. The zero-order chi connectivity index (χ0) is 22.1. The standard InChI is InChI=1S/C20H22ClN3O4S2/c1-4-24(5-2)30(27,28)14-7-8-17-15(10-14)16(11-19(25)22-17)20(26)23(3)12-13-6-9-18(21)29-13/h6-11H,4-5,12H2,1-3H3,(H,22,25). The van der Waals surface area contributed by atoms with Gasteiger partial charge in [-0.15, -0.1) is 11.3 Å². The Kier molecular flexibility index (Phi) is 6.66. The molecule has 3 aromatic rings. The van der Waals surface area contributed by atoms with Gasteiger partial charge >= 0.3 is 0 Å². The van der Waals surface area contributed by atoms with E-state index in [9.17, 15) is 18.0 Å². The van der Waals surface area contributed by atoms with Crippen LogP contribution < -0.4 is 5.56 Å². The summed E-state index contributed by atoms with van der Waals surface area (Å²) < 4.78 is 27.8. The van der Waals surface area contributed by atoms with E-state index in [4.69, 9.17) is 11.6 Å². The predicted octanol–water partition coefficient (Wildman–Crippen LogP) is 3.55. The normalized spacial score (nSPS) is 11.9. The Morgan fingerprint density at radius 2 is 1.83 bits per heavy atom. The van der Waals surface area contributed by atoms with Crippen LogP contribution in [0.3, 0.4) is 0 Å². The SMILES string of the molecule is CCN(CC)S(=O)(=O)c1ccc2[nH]c(=O)cc(C(=O)N(C)Cc3ccc(Cl)s3)c2c1. The quantitative estimate of drug-likeness (QED) is 0.575. The molecule has 0 bridgehead atoms. The summed E-state index contributed by atoms with van der Waals surface area (Å²) in [4.78, 5) is 30.3. The third kappa shape index (κ3) is 4.44. The van der Waals surface area contributed by atoms with Crippen molar-refractivity contribution >= 4 is 49.8 Å². The van der Waals surface area contributed by atoms with E-state index in [1.165, 1.54) is 44.8 Å². The highest BCUT2D eigenvalue weighted by molar-refractivity contribution is 7.89. The number of H-pyrrole nitrogens is 1. The molecule has 0 unspecified atom stereocenters.